The van der Waals surface area contributed by atoms with Gasteiger partial charge in [-0.25, -0.2) is 18.4 Å². The van der Waals surface area contributed by atoms with Crippen molar-refractivity contribution in [3.8, 4) is 11.1 Å². The molecule has 25 heavy (non-hydrogen) atoms. The average Bonchev–Trinajstić information content (AvgIpc) is 3.04. The second kappa shape index (κ2) is 6.90. The molecule has 1 aliphatic rings. The number of rotatable bonds is 4. The highest BCUT2D eigenvalue weighted by Gasteiger charge is 2.35. The summed E-state index contributed by atoms with van der Waals surface area (Å²) in [5.41, 5.74) is 2.42. The van der Waals surface area contributed by atoms with Gasteiger partial charge in [-0.3, -0.25) is 0 Å². The number of anilines is 1. The summed E-state index contributed by atoms with van der Waals surface area (Å²) < 4.78 is 25.9. The van der Waals surface area contributed by atoms with Crippen molar-refractivity contribution < 1.29 is 8.42 Å². The molecule has 0 radical (unpaired) electrons. The van der Waals surface area contributed by atoms with Crippen LogP contribution in [-0.2, 0) is 10.0 Å². The van der Waals surface area contributed by atoms with E-state index >= 15 is 0 Å². The fourth-order valence-corrected chi connectivity index (χ4v) is 4.46. The molecule has 1 aromatic carbocycles. The largest absolute Gasteiger partial charge is 0.347 e. The molecule has 0 saturated carbocycles. The maximum absolute atomic E-state index is 12.2. The summed E-state index contributed by atoms with van der Waals surface area (Å²) in [7, 11) is 0.418. The lowest BCUT2D eigenvalue weighted by Gasteiger charge is -2.24. The number of hydrogen-bond donors (Lipinski definition) is 0. The average molecular weight is 381 g/mol. The van der Waals surface area contributed by atoms with Crippen LogP contribution in [0.5, 0.6) is 0 Å². The molecule has 1 fully saturated rings. The smallest absolute Gasteiger partial charge is 0.225 e. The predicted molar refractivity (Wildman–Crippen MR) is 100 cm³/mol. The Hall–Kier alpha value is -1.70. The number of nitrogens with zero attached hydrogens (tertiary/aromatic N) is 4. The highest BCUT2D eigenvalue weighted by Crippen LogP contribution is 2.38. The minimum atomic E-state index is -3.31. The predicted octanol–water partition coefficient (Wildman–Crippen LogP) is 2.96. The first-order valence-corrected chi connectivity index (χ1v) is 10.3. The molecule has 6 nitrogen and oxygen atoms in total. The zero-order valence-electron chi connectivity index (χ0n) is 14.5. The molecule has 1 saturated heterocycles. The van der Waals surface area contributed by atoms with Crippen LogP contribution in [0, 0.1) is 0 Å². The summed E-state index contributed by atoms with van der Waals surface area (Å²) in [6.45, 7) is 0.514. The SMILES string of the molecule is CN(C)c1ncc(-c2cccc(Cl)c2)c(C2CCCN2S(C)(=O)=O)n1. The van der Waals surface area contributed by atoms with Gasteiger partial charge in [0.2, 0.25) is 16.0 Å². The van der Waals surface area contributed by atoms with Gasteiger partial charge in [0.25, 0.3) is 0 Å². The third-order valence-electron chi connectivity index (χ3n) is 4.29. The van der Waals surface area contributed by atoms with E-state index in [9.17, 15) is 8.42 Å². The maximum atomic E-state index is 12.2. The lowest BCUT2D eigenvalue weighted by atomic mass is 10.0. The molecule has 1 unspecified atom stereocenters. The molecule has 1 aliphatic heterocycles. The van der Waals surface area contributed by atoms with Crippen LogP contribution in [-0.4, -0.2) is 49.6 Å². The minimum absolute atomic E-state index is 0.286. The Morgan fingerprint density at radius 2 is 2.08 bits per heavy atom. The van der Waals surface area contributed by atoms with Crippen molar-refractivity contribution in [3.05, 3.63) is 41.2 Å². The summed E-state index contributed by atoms with van der Waals surface area (Å²) in [4.78, 5) is 10.9. The van der Waals surface area contributed by atoms with Crippen LogP contribution in [0.15, 0.2) is 30.5 Å². The summed E-state index contributed by atoms with van der Waals surface area (Å²) in [5.74, 6) is 0.557. The monoisotopic (exact) mass is 380 g/mol. The van der Waals surface area contributed by atoms with E-state index in [4.69, 9.17) is 11.6 Å². The van der Waals surface area contributed by atoms with Crippen LogP contribution in [0.25, 0.3) is 11.1 Å². The first-order chi connectivity index (χ1) is 11.8. The van der Waals surface area contributed by atoms with Crippen LogP contribution >= 0.6 is 11.6 Å². The Kier molecular flexibility index (Phi) is 4.99. The molecule has 0 amide bonds. The van der Waals surface area contributed by atoms with Gasteiger partial charge >= 0.3 is 0 Å². The zero-order chi connectivity index (χ0) is 18.2. The van der Waals surface area contributed by atoms with Crippen LogP contribution in [0.1, 0.15) is 24.6 Å². The fraction of sp³-hybridized carbons (Fsp3) is 0.412. The molecule has 0 N–H and O–H groups in total. The van der Waals surface area contributed by atoms with Gasteiger partial charge in [-0.2, -0.15) is 4.31 Å². The zero-order valence-corrected chi connectivity index (χ0v) is 16.0. The molecule has 1 aromatic heterocycles. The van der Waals surface area contributed by atoms with Gasteiger partial charge in [0.15, 0.2) is 0 Å². The quantitative estimate of drug-likeness (QED) is 0.815. The third-order valence-corrected chi connectivity index (χ3v) is 5.81. The van der Waals surface area contributed by atoms with Gasteiger partial charge in [0.05, 0.1) is 18.0 Å². The molecule has 2 aromatic rings. The first kappa shape index (κ1) is 18.1. The molecule has 8 heteroatoms. The van der Waals surface area contributed by atoms with Gasteiger partial charge in [0, 0.05) is 37.4 Å². The molecular formula is C17H21ClN4O2S. The lowest BCUT2D eigenvalue weighted by molar-refractivity contribution is 0.394. The van der Waals surface area contributed by atoms with E-state index in [-0.39, 0.29) is 6.04 Å². The van der Waals surface area contributed by atoms with Gasteiger partial charge < -0.3 is 4.90 Å². The Morgan fingerprint density at radius 3 is 2.72 bits per heavy atom. The molecule has 0 bridgehead atoms. The van der Waals surface area contributed by atoms with Crippen molar-refractivity contribution >= 4 is 27.6 Å². The van der Waals surface area contributed by atoms with Crippen molar-refractivity contribution in [1.29, 1.82) is 0 Å². The van der Waals surface area contributed by atoms with E-state index in [2.05, 4.69) is 9.97 Å². The molecule has 0 aliphatic carbocycles. The van der Waals surface area contributed by atoms with E-state index in [1.54, 1.807) is 12.3 Å². The third kappa shape index (κ3) is 3.78. The first-order valence-electron chi connectivity index (χ1n) is 8.04. The molecule has 3 rings (SSSR count). The Morgan fingerprint density at radius 1 is 1.32 bits per heavy atom. The van der Waals surface area contributed by atoms with Gasteiger partial charge in [-0.1, -0.05) is 23.7 Å². The Balaban J connectivity index is 2.17. The molecule has 1 atom stereocenters. The topological polar surface area (TPSA) is 66.4 Å². The normalized spacial score (nSPS) is 18.5. The van der Waals surface area contributed by atoms with Crippen LogP contribution < -0.4 is 4.90 Å². The van der Waals surface area contributed by atoms with Crippen molar-refractivity contribution in [3.63, 3.8) is 0 Å². The number of halogens is 1. The number of aromatic nitrogens is 2. The second-order valence-electron chi connectivity index (χ2n) is 6.41. The van der Waals surface area contributed by atoms with Crippen LogP contribution in [0.3, 0.4) is 0 Å². The Bertz CT molecular complexity index is 886. The van der Waals surface area contributed by atoms with E-state index in [0.717, 1.165) is 29.7 Å². The summed E-state index contributed by atoms with van der Waals surface area (Å²) in [5, 5.41) is 0.617. The standard InChI is InChI=1S/C17H21ClN4O2S/c1-21(2)17-19-11-14(12-6-4-7-13(18)10-12)16(20-17)15-8-5-9-22(15)25(3,23)24/h4,6-7,10-11,15H,5,8-9H2,1-3H3. The van der Waals surface area contributed by atoms with Crippen molar-refractivity contribution in [2.45, 2.75) is 18.9 Å². The van der Waals surface area contributed by atoms with Gasteiger partial charge in [-0.15, -0.1) is 0 Å². The molecule has 2 heterocycles. The van der Waals surface area contributed by atoms with E-state index in [1.165, 1.54) is 10.6 Å². The maximum Gasteiger partial charge on any atom is 0.225 e. The molecule has 0 spiro atoms. The number of benzene rings is 1. The van der Waals surface area contributed by atoms with Crippen LogP contribution in [0.4, 0.5) is 5.95 Å². The van der Waals surface area contributed by atoms with E-state index < -0.39 is 10.0 Å². The van der Waals surface area contributed by atoms with E-state index in [0.29, 0.717) is 17.5 Å². The lowest BCUT2D eigenvalue weighted by Crippen LogP contribution is -2.30. The number of sulfonamides is 1. The van der Waals surface area contributed by atoms with Gasteiger partial charge in [0.1, 0.15) is 0 Å². The van der Waals surface area contributed by atoms with Crippen molar-refractivity contribution in [2.24, 2.45) is 0 Å². The summed E-state index contributed by atoms with van der Waals surface area (Å²) in [6, 6.07) is 7.16. The van der Waals surface area contributed by atoms with E-state index in [1.807, 2.05) is 37.2 Å². The van der Waals surface area contributed by atoms with Crippen molar-refractivity contribution in [1.82, 2.24) is 14.3 Å². The number of hydrogen-bond acceptors (Lipinski definition) is 5. The van der Waals surface area contributed by atoms with Crippen molar-refractivity contribution in [2.75, 3.05) is 31.8 Å². The summed E-state index contributed by atoms with van der Waals surface area (Å²) in [6.07, 6.45) is 4.55. The second-order valence-corrected chi connectivity index (χ2v) is 8.78. The fourth-order valence-electron chi connectivity index (χ4n) is 3.14. The minimum Gasteiger partial charge on any atom is -0.347 e. The molecular weight excluding hydrogens is 360 g/mol. The van der Waals surface area contributed by atoms with Gasteiger partial charge in [-0.05, 0) is 30.5 Å². The highest BCUT2D eigenvalue weighted by molar-refractivity contribution is 7.88. The van der Waals surface area contributed by atoms with Crippen LogP contribution in [0.2, 0.25) is 5.02 Å². The highest BCUT2D eigenvalue weighted by atomic mass is 35.5. The summed E-state index contributed by atoms with van der Waals surface area (Å²) >= 11 is 6.13. The Labute approximate surface area is 153 Å². The molecule has 134 valence electrons.